The van der Waals surface area contributed by atoms with E-state index in [0.717, 1.165) is 17.7 Å². The summed E-state index contributed by atoms with van der Waals surface area (Å²) in [6.45, 7) is 16.4. The number of thiophene rings is 1. The van der Waals surface area contributed by atoms with E-state index in [9.17, 15) is 4.79 Å². The van der Waals surface area contributed by atoms with Gasteiger partial charge in [0.05, 0.1) is 11.2 Å². The van der Waals surface area contributed by atoms with E-state index >= 15 is 4.39 Å². The van der Waals surface area contributed by atoms with Crippen molar-refractivity contribution in [3.05, 3.63) is 27.6 Å². The molecule has 2 aliphatic heterocycles. The van der Waals surface area contributed by atoms with E-state index in [1.54, 1.807) is 23.2 Å². The third-order valence-corrected chi connectivity index (χ3v) is 7.73. The van der Waals surface area contributed by atoms with E-state index in [2.05, 4.69) is 6.07 Å². The zero-order valence-corrected chi connectivity index (χ0v) is 20.8. The van der Waals surface area contributed by atoms with E-state index in [1.165, 1.54) is 4.88 Å². The van der Waals surface area contributed by atoms with Crippen molar-refractivity contribution in [3.8, 4) is 0 Å². The first-order chi connectivity index (χ1) is 14.2. The van der Waals surface area contributed by atoms with Crippen LogP contribution in [0.4, 0.5) is 9.18 Å². The van der Waals surface area contributed by atoms with Gasteiger partial charge in [-0.05, 0) is 91.9 Å². The lowest BCUT2D eigenvalue weighted by atomic mass is 9.84. The fraction of sp³-hybridized carbons (Fsp3) is 0.696. The molecule has 2 saturated heterocycles. The second-order valence-corrected chi connectivity index (χ2v) is 11.6. The molecule has 5 nitrogen and oxygen atoms in total. The average Bonchev–Trinajstić information content (AvgIpc) is 3.22. The van der Waals surface area contributed by atoms with Gasteiger partial charge in [-0.25, -0.2) is 9.18 Å². The Morgan fingerprint density at radius 3 is 2.23 bits per heavy atom. The summed E-state index contributed by atoms with van der Waals surface area (Å²) in [5.74, 6) is 0.366. The number of halogens is 1. The molecule has 0 atom stereocenters. The number of piperidine rings is 1. The van der Waals surface area contributed by atoms with Crippen LogP contribution in [0.25, 0.3) is 5.57 Å². The van der Waals surface area contributed by atoms with Crippen LogP contribution < -0.4 is 0 Å². The maximum atomic E-state index is 15.2. The molecule has 3 rings (SSSR count). The lowest BCUT2D eigenvalue weighted by Crippen LogP contribution is -2.41. The summed E-state index contributed by atoms with van der Waals surface area (Å²) in [6.07, 6.45) is 1.50. The van der Waals surface area contributed by atoms with E-state index in [1.807, 2.05) is 54.5 Å². The van der Waals surface area contributed by atoms with Crippen LogP contribution in [-0.4, -0.2) is 48.0 Å². The molecule has 0 saturated carbocycles. The minimum atomic E-state index is -0.979. The van der Waals surface area contributed by atoms with Crippen molar-refractivity contribution in [1.29, 1.82) is 0 Å². The van der Waals surface area contributed by atoms with Crippen molar-refractivity contribution in [2.24, 2.45) is 0 Å². The monoisotopic (exact) mass is 451 g/mol. The van der Waals surface area contributed by atoms with Gasteiger partial charge in [0.1, 0.15) is 11.3 Å². The highest BCUT2D eigenvalue weighted by molar-refractivity contribution is 7.13. The average molecular weight is 451 g/mol. The minimum Gasteiger partial charge on any atom is -0.444 e. The molecule has 0 aliphatic carbocycles. The largest absolute Gasteiger partial charge is 0.525 e. The van der Waals surface area contributed by atoms with E-state index in [-0.39, 0.29) is 11.8 Å². The first-order valence-electron chi connectivity index (χ1n) is 11.0. The van der Waals surface area contributed by atoms with Crippen molar-refractivity contribution < 1.29 is 23.2 Å². The predicted molar refractivity (Wildman–Crippen MR) is 124 cm³/mol. The van der Waals surface area contributed by atoms with Crippen LogP contribution in [0.15, 0.2) is 17.9 Å². The fourth-order valence-corrected chi connectivity index (χ4v) is 4.87. The molecule has 2 fully saturated rings. The smallest absolute Gasteiger partial charge is 0.444 e. The number of likely N-dealkylation sites (tertiary alicyclic amines) is 1. The Labute approximate surface area is 190 Å². The molecule has 0 aromatic carbocycles. The SMILES string of the molecule is CC(=C(F)B1OC(C)(C)C(C)(C)O1)c1ccc(C2CCN(C(=O)OC(C)(C)C)CC2)s1. The second kappa shape index (κ2) is 8.52. The lowest BCUT2D eigenvalue weighted by Gasteiger charge is -2.33. The number of ether oxygens (including phenoxy) is 1. The normalized spacial score (nSPS) is 22.5. The molecule has 2 aliphatic rings. The van der Waals surface area contributed by atoms with Gasteiger partial charge in [-0.2, -0.15) is 0 Å². The van der Waals surface area contributed by atoms with Crippen LogP contribution in [0.3, 0.4) is 0 Å². The van der Waals surface area contributed by atoms with Crippen molar-refractivity contribution >= 4 is 30.1 Å². The molecule has 31 heavy (non-hydrogen) atoms. The van der Waals surface area contributed by atoms with E-state index in [4.69, 9.17) is 14.0 Å². The van der Waals surface area contributed by atoms with Gasteiger partial charge in [-0.1, -0.05) is 0 Å². The minimum absolute atomic E-state index is 0.249. The molecule has 1 aromatic heterocycles. The molecule has 1 amide bonds. The van der Waals surface area contributed by atoms with Crippen LogP contribution in [0.2, 0.25) is 0 Å². The van der Waals surface area contributed by atoms with E-state index in [0.29, 0.717) is 24.6 Å². The second-order valence-electron chi connectivity index (χ2n) is 10.5. The Bertz CT molecular complexity index is 834. The molecule has 172 valence electrons. The van der Waals surface area contributed by atoms with Crippen LogP contribution >= 0.6 is 11.3 Å². The summed E-state index contributed by atoms with van der Waals surface area (Å²) in [5.41, 5.74) is -1.44. The van der Waals surface area contributed by atoms with Gasteiger partial charge >= 0.3 is 13.2 Å². The maximum absolute atomic E-state index is 15.2. The quantitative estimate of drug-likeness (QED) is 0.514. The fourth-order valence-electron chi connectivity index (χ4n) is 3.69. The summed E-state index contributed by atoms with van der Waals surface area (Å²) in [4.78, 5) is 16.2. The van der Waals surface area contributed by atoms with Crippen molar-refractivity contribution in [3.63, 3.8) is 0 Å². The number of nitrogens with zero attached hydrogens (tertiary/aromatic N) is 1. The number of rotatable bonds is 3. The Morgan fingerprint density at radius 1 is 1.16 bits per heavy atom. The topological polar surface area (TPSA) is 48.0 Å². The summed E-state index contributed by atoms with van der Waals surface area (Å²) in [7, 11) is -0.979. The van der Waals surface area contributed by atoms with Gasteiger partial charge in [-0.3, -0.25) is 0 Å². The third kappa shape index (κ3) is 5.34. The first-order valence-corrected chi connectivity index (χ1v) is 11.8. The van der Waals surface area contributed by atoms with Gasteiger partial charge in [0, 0.05) is 22.8 Å². The Kier molecular flexibility index (Phi) is 6.67. The molecule has 0 radical (unpaired) electrons. The van der Waals surface area contributed by atoms with Gasteiger partial charge in [0.25, 0.3) is 0 Å². The number of amides is 1. The molecule has 8 heteroatoms. The molecule has 0 N–H and O–H groups in total. The number of hydrogen-bond donors (Lipinski definition) is 0. The first kappa shape index (κ1) is 24.3. The molecule has 0 bridgehead atoms. The number of hydrogen-bond acceptors (Lipinski definition) is 5. The van der Waals surface area contributed by atoms with Gasteiger partial charge < -0.3 is 18.9 Å². The van der Waals surface area contributed by atoms with Gasteiger partial charge in [-0.15, -0.1) is 11.3 Å². The van der Waals surface area contributed by atoms with E-state index < -0.39 is 23.9 Å². The van der Waals surface area contributed by atoms with Crippen LogP contribution in [-0.2, 0) is 14.0 Å². The Balaban J connectivity index is 1.64. The Hall–Kier alpha value is -1.38. The molecular weight excluding hydrogens is 416 g/mol. The molecular formula is C23H35BFNO4S. The maximum Gasteiger partial charge on any atom is 0.525 e. The summed E-state index contributed by atoms with van der Waals surface area (Å²) in [6, 6.07) is 4.05. The standard InChI is InChI=1S/C23H35BFNO4S/c1-15(19(25)24-29-22(5,6)23(7,8)30-24)17-9-10-18(31-17)16-11-13-26(14-12-16)20(27)28-21(2,3)4/h9-10,16H,11-14H2,1-8H3. The Morgan fingerprint density at radius 2 is 1.71 bits per heavy atom. The zero-order valence-electron chi connectivity index (χ0n) is 20.0. The van der Waals surface area contributed by atoms with Gasteiger partial charge in [0.2, 0.25) is 0 Å². The van der Waals surface area contributed by atoms with Crippen molar-refractivity contribution in [1.82, 2.24) is 4.90 Å². The molecule has 3 heterocycles. The van der Waals surface area contributed by atoms with Gasteiger partial charge in [0.15, 0.2) is 0 Å². The third-order valence-electron chi connectivity index (χ3n) is 6.36. The van der Waals surface area contributed by atoms with Crippen LogP contribution in [0, 0.1) is 0 Å². The number of carbonyl (C=O) groups is 1. The summed E-state index contributed by atoms with van der Waals surface area (Å²) >= 11 is 1.61. The lowest BCUT2D eigenvalue weighted by molar-refractivity contribution is 0.00578. The number of carbonyl (C=O) groups excluding carboxylic acids is 1. The molecule has 1 aromatic rings. The highest BCUT2D eigenvalue weighted by Crippen LogP contribution is 2.41. The highest BCUT2D eigenvalue weighted by Gasteiger charge is 2.53. The van der Waals surface area contributed by atoms with Crippen LogP contribution in [0.5, 0.6) is 0 Å². The van der Waals surface area contributed by atoms with Crippen LogP contribution in [0.1, 0.15) is 83.9 Å². The summed E-state index contributed by atoms with van der Waals surface area (Å²) in [5, 5.41) is 0. The predicted octanol–water partition coefficient (Wildman–Crippen LogP) is 6.19. The molecule has 0 spiro atoms. The van der Waals surface area contributed by atoms with Crippen molar-refractivity contribution in [2.45, 2.75) is 91.0 Å². The molecule has 0 unspecified atom stereocenters. The highest BCUT2D eigenvalue weighted by atomic mass is 32.1. The summed E-state index contributed by atoms with van der Waals surface area (Å²) < 4.78 is 32.4. The van der Waals surface area contributed by atoms with Crippen molar-refractivity contribution in [2.75, 3.05) is 13.1 Å². The number of allylic oxidation sites excluding steroid dienone is 1. The zero-order chi connectivity index (χ0) is 23.2.